The van der Waals surface area contributed by atoms with Gasteiger partial charge in [0.25, 0.3) is 0 Å². The summed E-state index contributed by atoms with van der Waals surface area (Å²) in [5.74, 6) is 1.00. The molecule has 0 saturated heterocycles. The second-order valence-corrected chi connectivity index (χ2v) is 2.85. The van der Waals surface area contributed by atoms with Crippen molar-refractivity contribution in [3.05, 3.63) is 29.8 Å². The first-order valence-corrected chi connectivity index (χ1v) is 4.59. The number of hydrogen-bond donors (Lipinski definition) is 0. The number of aryl methyl sites for hydroxylation is 1. The maximum atomic E-state index is 5.16. The van der Waals surface area contributed by atoms with Gasteiger partial charge in [-0.2, -0.15) is 0 Å². The van der Waals surface area contributed by atoms with Crippen LogP contribution in [0, 0.1) is 6.92 Å². The quantitative estimate of drug-likeness (QED) is 0.700. The summed E-state index contributed by atoms with van der Waals surface area (Å²) < 4.78 is 5.16. The molecule has 0 radical (unpaired) electrons. The van der Waals surface area contributed by atoms with Crippen molar-refractivity contribution in [3.8, 4) is 5.75 Å². The van der Waals surface area contributed by atoms with Gasteiger partial charge in [0, 0.05) is 0 Å². The van der Waals surface area contributed by atoms with Gasteiger partial charge in [0.05, 0.1) is 0 Å². The molecule has 0 spiro atoms. The summed E-state index contributed by atoms with van der Waals surface area (Å²) in [5, 5.41) is 0. The molecule has 1 rings (SSSR count). The normalized spacial score (nSPS) is 9.11. The Balaban J connectivity index is 2.94. The Bertz CT molecular complexity index is 198. The van der Waals surface area contributed by atoms with E-state index in [4.69, 9.17) is 2.81 Å². The first kappa shape index (κ1) is 7.02. The molecule has 0 aromatic heterocycles. The van der Waals surface area contributed by atoms with E-state index >= 15 is 0 Å². The van der Waals surface area contributed by atoms with Crippen molar-refractivity contribution in [3.63, 3.8) is 0 Å². The molecule has 2 heteroatoms. The van der Waals surface area contributed by atoms with Gasteiger partial charge < -0.3 is 0 Å². The van der Waals surface area contributed by atoms with Crippen LogP contribution in [0.15, 0.2) is 24.3 Å². The monoisotopic (exact) mass is 318 g/mol. The van der Waals surface area contributed by atoms with Gasteiger partial charge in [-0.15, -0.1) is 0 Å². The Morgan fingerprint density at radius 3 is 2.67 bits per heavy atom. The molecule has 0 N–H and O–H groups in total. The van der Waals surface area contributed by atoms with Crippen molar-refractivity contribution in [2.75, 3.05) is 0 Å². The van der Waals surface area contributed by atoms with Gasteiger partial charge in [-0.1, -0.05) is 0 Å². The van der Waals surface area contributed by atoms with Crippen molar-refractivity contribution < 1.29 is 2.81 Å². The number of benzene rings is 1. The van der Waals surface area contributed by atoms with E-state index < -0.39 is 0 Å². The van der Waals surface area contributed by atoms with E-state index in [2.05, 4.69) is 13.0 Å². The van der Waals surface area contributed by atoms with E-state index in [0.29, 0.717) is 25.2 Å². The van der Waals surface area contributed by atoms with Gasteiger partial charge in [0.1, 0.15) is 0 Å². The Labute approximate surface area is 70.5 Å². The molecule has 0 unspecified atom stereocenters. The molecule has 1 aromatic rings. The summed E-state index contributed by atoms with van der Waals surface area (Å²) in [6.45, 7) is 2.06. The molecule has 0 atom stereocenters. The van der Waals surface area contributed by atoms with E-state index in [1.165, 1.54) is 5.56 Å². The van der Waals surface area contributed by atoms with Gasteiger partial charge in [-0.05, 0) is 0 Å². The zero-order chi connectivity index (χ0) is 6.69. The number of hydrogen-bond acceptors (Lipinski definition) is 1. The fourth-order valence-electron chi connectivity index (χ4n) is 0.689. The van der Waals surface area contributed by atoms with Crippen LogP contribution < -0.4 is 2.81 Å². The molecule has 0 fully saturated rings. The van der Waals surface area contributed by atoms with Crippen LogP contribution in [0.25, 0.3) is 0 Å². The Hall–Kier alpha value is -0.0969. The average Bonchev–Trinajstić information content (AvgIpc) is 1.88. The minimum absolute atomic E-state index is 0.594. The molecule has 0 aliphatic heterocycles. The van der Waals surface area contributed by atoms with Crippen LogP contribution in [0.5, 0.6) is 5.75 Å². The second-order valence-electron chi connectivity index (χ2n) is 1.93. The SMILES string of the molecule is Cc1cccc([O][BiH2])c1. The van der Waals surface area contributed by atoms with Crippen LogP contribution in [-0.4, -0.2) is 25.2 Å². The molecule has 0 heterocycles. The second kappa shape index (κ2) is 3.17. The predicted molar refractivity (Wildman–Crippen MR) is 40.4 cm³/mol. The summed E-state index contributed by atoms with van der Waals surface area (Å²) >= 11 is 0.594. The zero-order valence-electron chi connectivity index (χ0n) is 5.29. The van der Waals surface area contributed by atoms with E-state index in [1.54, 1.807) is 0 Å². The Kier molecular flexibility index (Phi) is 2.47. The molecule has 0 bridgehead atoms. The van der Waals surface area contributed by atoms with Crippen LogP contribution in [0.1, 0.15) is 5.56 Å². The Morgan fingerprint density at radius 1 is 1.44 bits per heavy atom. The summed E-state index contributed by atoms with van der Waals surface area (Å²) in [6, 6.07) is 8.09. The zero-order valence-corrected chi connectivity index (χ0v) is 9.78. The van der Waals surface area contributed by atoms with Crippen molar-refractivity contribution in [2.24, 2.45) is 0 Å². The van der Waals surface area contributed by atoms with Crippen LogP contribution >= 0.6 is 0 Å². The van der Waals surface area contributed by atoms with Crippen molar-refractivity contribution >= 4 is 25.2 Å². The summed E-state index contributed by atoms with van der Waals surface area (Å²) in [4.78, 5) is 0. The van der Waals surface area contributed by atoms with Crippen molar-refractivity contribution in [2.45, 2.75) is 6.92 Å². The first-order chi connectivity index (χ1) is 4.33. The predicted octanol–water partition coefficient (Wildman–Crippen LogP) is 0.922. The first-order valence-electron chi connectivity index (χ1n) is 2.76. The molecule has 0 aliphatic rings. The average molecular weight is 318 g/mol. The van der Waals surface area contributed by atoms with Crippen molar-refractivity contribution in [1.29, 1.82) is 0 Å². The van der Waals surface area contributed by atoms with E-state index in [-0.39, 0.29) is 0 Å². The van der Waals surface area contributed by atoms with E-state index in [1.807, 2.05) is 18.2 Å². The van der Waals surface area contributed by atoms with Gasteiger partial charge in [-0.3, -0.25) is 0 Å². The molecule has 0 amide bonds. The molecule has 0 saturated carbocycles. The summed E-state index contributed by atoms with van der Waals surface area (Å²) in [7, 11) is 0. The van der Waals surface area contributed by atoms with Crippen molar-refractivity contribution in [1.82, 2.24) is 0 Å². The number of rotatable bonds is 1. The molecular formula is C7H9BiO. The van der Waals surface area contributed by atoms with Gasteiger partial charge in [-0.25, -0.2) is 0 Å². The fraction of sp³-hybridized carbons (Fsp3) is 0.143. The maximum absolute atomic E-state index is 5.16. The molecule has 1 nitrogen and oxygen atoms in total. The van der Waals surface area contributed by atoms with E-state index in [0.717, 1.165) is 5.75 Å². The third-order valence-electron chi connectivity index (χ3n) is 1.13. The standard InChI is InChI=1S/C7H8O.Bi.2H/c1-6-3-2-4-7(8)5-6;;;/h2-5,8H,1H3;;;/q;+1;;/p-1. The van der Waals surface area contributed by atoms with E-state index in [9.17, 15) is 0 Å². The minimum atomic E-state index is 0.594. The topological polar surface area (TPSA) is 9.23 Å². The Morgan fingerprint density at radius 2 is 2.22 bits per heavy atom. The molecule has 0 aliphatic carbocycles. The van der Waals surface area contributed by atoms with Crippen LogP contribution in [0.3, 0.4) is 0 Å². The summed E-state index contributed by atoms with van der Waals surface area (Å²) in [6.07, 6.45) is 0. The third-order valence-corrected chi connectivity index (χ3v) is 2.18. The molecular weight excluding hydrogens is 309 g/mol. The molecule has 48 valence electrons. The van der Waals surface area contributed by atoms with Crippen LogP contribution in [-0.2, 0) is 0 Å². The van der Waals surface area contributed by atoms with Crippen LogP contribution in [0.2, 0.25) is 0 Å². The summed E-state index contributed by atoms with van der Waals surface area (Å²) in [5.41, 5.74) is 1.26. The van der Waals surface area contributed by atoms with Crippen LogP contribution in [0.4, 0.5) is 0 Å². The fourth-order valence-corrected chi connectivity index (χ4v) is 1.26. The molecule has 1 aromatic carbocycles. The van der Waals surface area contributed by atoms with Gasteiger partial charge in [0.15, 0.2) is 0 Å². The van der Waals surface area contributed by atoms with Gasteiger partial charge in [0.2, 0.25) is 0 Å². The van der Waals surface area contributed by atoms with Gasteiger partial charge >= 0.3 is 70.5 Å². The molecule has 9 heavy (non-hydrogen) atoms. The third kappa shape index (κ3) is 1.94.